The van der Waals surface area contributed by atoms with Crippen molar-refractivity contribution in [2.24, 2.45) is 0 Å². The van der Waals surface area contributed by atoms with Gasteiger partial charge in [0.05, 0.1) is 13.2 Å². The zero-order valence-corrected chi connectivity index (χ0v) is 12.4. The number of benzene rings is 1. The number of alkyl halides is 3. The van der Waals surface area contributed by atoms with E-state index in [2.05, 4.69) is 5.32 Å². The summed E-state index contributed by atoms with van der Waals surface area (Å²) in [4.78, 5) is 22.3. The Morgan fingerprint density at radius 3 is 2.61 bits per heavy atom. The van der Waals surface area contributed by atoms with Gasteiger partial charge in [0.25, 0.3) is 0 Å². The first-order valence-corrected chi connectivity index (χ1v) is 6.63. The van der Waals surface area contributed by atoms with Crippen LogP contribution in [0, 0.1) is 0 Å². The maximum Gasteiger partial charge on any atom is 0.471 e. The van der Waals surface area contributed by atoms with Crippen molar-refractivity contribution in [3.63, 3.8) is 0 Å². The van der Waals surface area contributed by atoms with Crippen LogP contribution in [0.25, 0.3) is 0 Å². The fraction of sp³-hybridized carbons (Fsp3) is 0.429. The Kier molecular flexibility index (Phi) is 7.49. The Labute approximate surface area is 130 Å². The third-order valence-electron chi connectivity index (χ3n) is 2.59. The van der Waals surface area contributed by atoms with E-state index in [0.29, 0.717) is 17.9 Å². The lowest BCUT2D eigenvalue weighted by Gasteiger charge is -2.10. The summed E-state index contributed by atoms with van der Waals surface area (Å²) < 4.78 is 46.0. The number of halogens is 3. The van der Waals surface area contributed by atoms with Crippen molar-refractivity contribution in [2.45, 2.75) is 12.7 Å². The van der Waals surface area contributed by atoms with E-state index in [-0.39, 0.29) is 19.8 Å². The molecule has 0 aliphatic rings. The molecule has 1 aromatic rings. The third kappa shape index (κ3) is 7.61. The van der Waals surface area contributed by atoms with Crippen molar-refractivity contribution in [3.05, 3.63) is 29.8 Å². The lowest BCUT2D eigenvalue weighted by atomic mass is 10.2. The molecule has 0 saturated carbocycles. The zero-order chi connectivity index (χ0) is 17.3. The average Bonchev–Trinajstić information content (AvgIpc) is 2.48. The van der Waals surface area contributed by atoms with Crippen LogP contribution in [-0.2, 0) is 25.6 Å². The molecule has 2 amide bonds. The lowest BCUT2D eigenvalue weighted by molar-refractivity contribution is -0.173. The molecule has 0 radical (unpaired) electrons. The summed E-state index contributed by atoms with van der Waals surface area (Å²) in [5.74, 6) is -2.42. The van der Waals surface area contributed by atoms with Gasteiger partial charge in [-0.05, 0) is 17.7 Å². The van der Waals surface area contributed by atoms with Crippen LogP contribution in [0.15, 0.2) is 24.3 Å². The van der Waals surface area contributed by atoms with Crippen LogP contribution >= 0.6 is 0 Å². The Balaban J connectivity index is 2.47. The molecule has 0 spiro atoms. The van der Waals surface area contributed by atoms with E-state index >= 15 is 0 Å². The summed E-state index contributed by atoms with van der Waals surface area (Å²) >= 11 is 0. The van der Waals surface area contributed by atoms with Crippen molar-refractivity contribution in [2.75, 3.05) is 32.2 Å². The largest absolute Gasteiger partial charge is 0.471 e. The van der Waals surface area contributed by atoms with E-state index < -0.39 is 18.0 Å². The molecule has 1 rings (SSSR count). The standard InChI is InChI=1S/C14H17F3N2O4/c1-22-5-6-23-9-12(20)19-11-4-2-3-10(7-11)8-18-13(21)14(15,16)17/h2-4,7H,5-6,8-9H2,1H3,(H,18,21)(H,19,20). The molecule has 0 heterocycles. The SMILES string of the molecule is COCCOCC(=O)Nc1cccc(CNC(=O)C(F)(F)F)c1. The first kappa shape index (κ1) is 18.9. The molecule has 0 atom stereocenters. The van der Waals surface area contributed by atoms with Crippen molar-refractivity contribution < 1.29 is 32.2 Å². The molecule has 0 unspecified atom stereocenters. The molecule has 2 N–H and O–H groups in total. The Hall–Kier alpha value is -2.13. The van der Waals surface area contributed by atoms with Gasteiger partial charge in [0.15, 0.2) is 0 Å². The molecular weight excluding hydrogens is 317 g/mol. The molecule has 0 fully saturated rings. The predicted molar refractivity (Wildman–Crippen MR) is 75.7 cm³/mol. The predicted octanol–water partition coefficient (Wildman–Crippen LogP) is 1.47. The van der Waals surface area contributed by atoms with E-state index in [1.54, 1.807) is 17.4 Å². The van der Waals surface area contributed by atoms with Gasteiger partial charge in [-0.15, -0.1) is 0 Å². The summed E-state index contributed by atoms with van der Waals surface area (Å²) in [6, 6.07) is 6.11. The maximum absolute atomic E-state index is 12.1. The molecule has 0 bridgehead atoms. The minimum atomic E-state index is -4.93. The molecule has 0 saturated heterocycles. The van der Waals surface area contributed by atoms with Gasteiger partial charge in [0.2, 0.25) is 5.91 Å². The number of anilines is 1. The second-order valence-electron chi connectivity index (χ2n) is 4.47. The van der Waals surface area contributed by atoms with Crippen LogP contribution in [0.4, 0.5) is 18.9 Å². The Morgan fingerprint density at radius 2 is 1.96 bits per heavy atom. The zero-order valence-electron chi connectivity index (χ0n) is 12.4. The number of hydrogen-bond acceptors (Lipinski definition) is 4. The summed E-state index contributed by atoms with van der Waals surface area (Å²) in [5.41, 5.74) is 0.810. The van der Waals surface area contributed by atoms with E-state index in [4.69, 9.17) is 9.47 Å². The molecule has 1 aromatic carbocycles. The number of rotatable bonds is 8. The van der Waals surface area contributed by atoms with Gasteiger partial charge in [0.1, 0.15) is 6.61 Å². The molecule has 0 aliphatic heterocycles. The average molecular weight is 334 g/mol. The fourth-order valence-electron chi connectivity index (χ4n) is 1.55. The number of ether oxygens (including phenoxy) is 2. The number of carbonyl (C=O) groups is 2. The summed E-state index contributed by atoms with van der Waals surface area (Å²) in [6.07, 6.45) is -4.93. The number of nitrogens with one attached hydrogen (secondary N) is 2. The van der Waals surface area contributed by atoms with Crippen LogP contribution < -0.4 is 10.6 Å². The number of amides is 2. The number of methoxy groups -OCH3 is 1. The van der Waals surface area contributed by atoms with Gasteiger partial charge < -0.3 is 20.1 Å². The smallest absolute Gasteiger partial charge is 0.382 e. The number of hydrogen-bond donors (Lipinski definition) is 2. The highest BCUT2D eigenvalue weighted by molar-refractivity contribution is 5.91. The van der Waals surface area contributed by atoms with E-state index in [0.717, 1.165) is 0 Å². The topological polar surface area (TPSA) is 76.7 Å². The molecule has 9 heteroatoms. The molecule has 0 aliphatic carbocycles. The number of carbonyl (C=O) groups excluding carboxylic acids is 2. The van der Waals surface area contributed by atoms with Crippen molar-refractivity contribution in [1.29, 1.82) is 0 Å². The van der Waals surface area contributed by atoms with E-state index in [1.807, 2.05) is 0 Å². The van der Waals surface area contributed by atoms with Gasteiger partial charge in [-0.2, -0.15) is 13.2 Å². The van der Waals surface area contributed by atoms with Crippen LogP contribution in [0.5, 0.6) is 0 Å². The van der Waals surface area contributed by atoms with Crippen molar-refractivity contribution in [3.8, 4) is 0 Å². The van der Waals surface area contributed by atoms with Gasteiger partial charge >= 0.3 is 12.1 Å². The fourth-order valence-corrected chi connectivity index (χ4v) is 1.55. The quantitative estimate of drug-likeness (QED) is 0.706. The summed E-state index contributed by atoms with van der Waals surface area (Å²) in [5, 5.41) is 4.29. The van der Waals surface area contributed by atoms with Crippen molar-refractivity contribution in [1.82, 2.24) is 5.32 Å². The van der Waals surface area contributed by atoms with E-state index in [1.165, 1.54) is 19.2 Å². The first-order valence-electron chi connectivity index (χ1n) is 6.63. The Morgan fingerprint density at radius 1 is 1.22 bits per heavy atom. The third-order valence-corrected chi connectivity index (χ3v) is 2.59. The van der Waals surface area contributed by atoms with Gasteiger partial charge in [-0.25, -0.2) is 0 Å². The lowest BCUT2D eigenvalue weighted by Crippen LogP contribution is -2.36. The summed E-state index contributed by atoms with van der Waals surface area (Å²) in [6.45, 7) is 0.167. The second-order valence-corrected chi connectivity index (χ2v) is 4.47. The monoisotopic (exact) mass is 334 g/mol. The van der Waals surface area contributed by atoms with Crippen LogP contribution in [0.1, 0.15) is 5.56 Å². The van der Waals surface area contributed by atoms with Gasteiger partial charge in [-0.3, -0.25) is 9.59 Å². The first-order chi connectivity index (χ1) is 10.8. The Bertz CT molecular complexity index is 535. The highest BCUT2D eigenvalue weighted by Crippen LogP contribution is 2.15. The van der Waals surface area contributed by atoms with Crippen LogP contribution in [0.3, 0.4) is 0 Å². The van der Waals surface area contributed by atoms with Crippen molar-refractivity contribution >= 4 is 17.5 Å². The minimum Gasteiger partial charge on any atom is -0.382 e. The molecular formula is C14H17F3N2O4. The normalized spacial score (nSPS) is 11.1. The van der Waals surface area contributed by atoms with E-state index in [9.17, 15) is 22.8 Å². The minimum absolute atomic E-state index is 0.168. The highest BCUT2D eigenvalue weighted by Gasteiger charge is 2.38. The molecule has 6 nitrogen and oxygen atoms in total. The highest BCUT2D eigenvalue weighted by atomic mass is 19.4. The summed E-state index contributed by atoms with van der Waals surface area (Å²) in [7, 11) is 1.51. The molecule has 128 valence electrons. The molecule has 23 heavy (non-hydrogen) atoms. The second kappa shape index (κ2) is 9.11. The van der Waals surface area contributed by atoms with Gasteiger partial charge in [0, 0.05) is 19.3 Å². The maximum atomic E-state index is 12.1. The molecule has 0 aromatic heterocycles. The van der Waals surface area contributed by atoms with Crippen LogP contribution in [0.2, 0.25) is 0 Å². The van der Waals surface area contributed by atoms with Crippen LogP contribution in [-0.4, -0.2) is 44.9 Å². The van der Waals surface area contributed by atoms with Gasteiger partial charge in [-0.1, -0.05) is 12.1 Å².